The van der Waals surface area contributed by atoms with Crippen molar-refractivity contribution >= 4 is 21.4 Å². The van der Waals surface area contributed by atoms with Crippen LogP contribution in [0.5, 0.6) is 0 Å². The first-order valence-electron chi connectivity index (χ1n) is 7.77. The average Bonchev–Trinajstić information content (AvgIpc) is 2.92. The summed E-state index contributed by atoms with van der Waals surface area (Å²) in [6.45, 7) is 0. The third kappa shape index (κ3) is 2.84. The zero-order valence-electron chi connectivity index (χ0n) is 13.0. The van der Waals surface area contributed by atoms with Crippen LogP contribution < -0.4 is 4.72 Å². The number of fused-ring (bicyclic) bond motifs is 1. The number of hydrogen-bond acceptors (Lipinski definition) is 4. The Kier molecular flexibility index (Phi) is 3.68. The van der Waals surface area contributed by atoms with Gasteiger partial charge >= 0.3 is 0 Å². The number of halogens is 2. The van der Waals surface area contributed by atoms with Crippen molar-refractivity contribution in [1.82, 2.24) is 14.6 Å². The Balaban J connectivity index is 1.74. The number of aromatic nitrogens is 3. The molecular formula is C16H14F2N4O2S. The van der Waals surface area contributed by atoms with Gasteiger partial charge < -0.3 is 0 Å². The van der Waals surface area contributed by atoms with Crippen molar-refractivity contribution in [1.29, 1.82) is 0 Å². The van der Waals surface area contributed by atoms with Gasteiger partial charge in [0.1, 0.15) is 16.5 Å². The third-order valence-corrected chi connectivity index (χ3v) is 5.66. The normalized spacial score (nSPS) is 15.3. The quantitative estimate of drug-likeness (QED) is 0.772. The highest BCUT2D eigenvalue weighted by molar-refractivity contribution is 7.92. The second-order valence-corrected chi connectivity index (χ2v) is 7.62. The minimum atomic E-state index is -4.31. The monoisotopic (exact) mass is 364 g/mol. The molecule has 1 saturated carbocycles. The molecule has 0 aliphatic heterocycles. The van der Waals surface area contributed by atoms with Crippen LogP contribution in [0.25, 0.3) is 5.65 Å². The van der Waals surface area contributed by atoms with Gasteiger partial charge in [-0.1, -0.05) is 6.42 Å². The van der Waals surface area contributed by atoms with Gasteiger partial charge in [-0.3, -0.25) is 4.72 Å². The molecule has 1 fully saturated rings. The minimum Gasteiger partial charge on any atom is -0.276 e. The molecule has 2 heterocycles. The smallest absolute Gasteiger partial charge is 0.265 e. The van der Waals surface area contributed by atoms with Gasteiger partial charge in [0.05, 0.1) is 5.69 Å². The van der Waals surface area contributed by atoms with E-state index < -0.39 is 26.6 Å². The average molecular weight is 364 g/mol. The molecule has 1 N–H and O–H groups in total. The van der Waals surface area contributed by atoms with Crippen LogP contribution in [0.15, 0.2) is 41.4 Å². The second-order valence-electron chi connectivity index (χ2n) is 5.97. The van der Waals surface area contributed by atoms with Crippen molar-refractivity contribution in [3.63, 3.8) is 0 Å². The largest absolute Gasteiger partial charge is 0.276 e. The maximum absolute atomic E-state index is 13.8. The third-order valence-electron chi connectivity index (χ3n) is 4.28. The fraction of sp³-hybridized carbons (Fsp3) is 0.250. The maximum Gasteiger partial charge on any atom is 0.265 e. The summed E-state index contributed by atoms with van der Waals surface area (Å²) in [4.78, 5) is 3.65. The standard InChI is InChI=1S/C16H14F2N4O2S/c17-11-6-7-12(18)14(9-11)25(23,24)21-13-5-2-8-22-16(13)19-15(20-22)10-3-1-4-10/h2,5-10,21H,1,3-4H2. The molecule has 0 spiro atoms. The number of pyridine rings is 1. The van der Waals surface area contributed by atoms with Crippen molar-refractivity contribution in [2.45, 2.75) is 30.1 Å². The molecule has 0 saturated heterocycles. The predicted octanol–water partition coefficient (Wildman–Crippen LogP) is 3.08. The van der Waals surface area contributed by atoms with Crippen LogP contribution in [0.2, 0.25) is 0 Å². The summed E-state index contributed by atoms with van der Waals surface area (Å²) in [5.74, 6) is -0.924. The lowest BCUT2D eigenvalue weighted by atomic mass is 9.85. The van der Waals surface area contributed by atoms with E-state index in [0.717, 1.165) is 31.4 Å². The summed E-state index contributed by atoms with van der Waals surface area (Å²) in [6, 6.07) is 5.38. The topological polar surface area (TPSA) is 76.4 Å². The van der Waals surface area contributed by atoms with Crippen molar-refractivity contribution in [3.05, 3.63) is 54.0 Å². The number of hydrogen-bond donors (Lipinski definition) is 1. The van der Waals surface area contributed by atoms with E-state index in [9.17, 15) is 17.2 Å². The van der Waals surface area contributed by atoms with Gasteiger partial charge in [0.2, 0.25) is 0 Å². The van der Waals surface area contributed by atoms with E-state index in [0.29, 0.717) is 17.5 Å². The summed E-state index contributed by atoms with van der Waals surface area (Å²) >= 11 is 0. The van der Waals surface area contributed by atoms with Gasteiger partial charge in [-0.05, 0) is 43.2 Å². The molecule has 2 aromatic heterocycles. The lowest BCUT2D eigenvalue weighted by Gasteiger charge is -2.21. The van der Waals surface area contributed by atoms with Crippen molar-refractivity contribution < 1.29 is 17.2 Å². The molecule has 25 heavy (non-hydrogen) atoms. The number of benzene rings is 1. The molecule has 130 valence electrons. The van der Waals surface area contributed by atoms with E-state index in [1.54, 1.807) is 12.3 Å². The fourth-order valence-corrected chi connectivity index (χ4v) is 3.88. The van der Waals surface area contributed by atoms with Gasteiger partial charge in [0.25, 0.3) is 10.0 Å². The maximum atomic E-state index is 13.8. The zero-order valence-corrected chi connectivity index (χ0v) is 13.8. The van der Waals surface area contributed by atoms with Crippen LogP contribution in [-0.2, 0) is 10.0 Å². The van der Waals surface area contributed by atoms with Crippen LogP contribution in [0, 0.1) is 11.6 Å². The van der Waals surface area contributed by atoms with E-state index >= 15 is 0 Å². The van der Waals surface area contributed by atoms with Gasteiger partial charge in [-0.15, -0.1) is 0 Å². The van der Waals surface area contributed by atoms with E-state index in [1.807, 2.05) is 0 Å². The Morgan fingerprint density at radius 1 is 1.20 bits per heavy atom. The van der Waals surface area contributed by atoms with Crippen molar-refractivity contribution in [2.75, 3.05) is 4.72 Å². The molecule has 0 bridgehead atoms. The summed E-state index contributed by atoms with van der Waals surface area (Å²) in [5.41, 5.74) is 0.481. The molecule has 3 aromatic rings. The summed E-state index contributed by atoms with van der Waals surface area (Å²) in [5, 5.41) is 4.37. The van der Waals surface area contributed by atoms with Crippen LogP contribution in [0.3, 0.4) is 0 Å². The first-order valence-corrected chi connectivity index (χ1v) is 9.25. The molecule has 4 rings (SSSR count). The Labute approximate surface area is 142 Å². The number of nitrogens with one attached hydrogen (secondary N) is 1. The number of sulfonamides is 1. The number of rotatable bonds is 4. The molecule has 0 radical (unpaired) electrons. The van der Waals surface area contributed by atoms with Crippen LogP contribution in [0.1, 0.15) is 31.0 Å². The Morgan fingerprint density at radius 3 is 2.72 bits per heavy atom. The highest BCUT2D eigenvalue weighted by Crippen LogP contribution is 2.35. The van der Waals surface area contributed by atoms with Crippen molar-refractivity contribution in [2.24, 2.45) is 0 Å². The zero-order chi connectivity index (χ0) is 17.6. The first-order chi connectivity index (χ1) is 11.9. The van der Waals surface area contributed by atoms with E-state index in [1.165, 1.54) is 10.6 Å². The molecule has 1 aromatic carbocycles. The lowest BCUT2D eigenvalue weighted by molar-refractivity contribution is 0.402. The minimum absolute atomic E-state index is 0.157. The summed E-state index contributed by atoms with van der Waals surface area (Å²) in [7, 11) is -4.31. The lowest BCUT2D eigenvalue weighted by Crippen LogP contribution is -2.15. The molecular weight excluding hydrogens is 350 g/mol. The Morgan fingerprint density at radius 2 is 2.00 bits per heavy atom. The van der Waals surface area contributed by atoms with Gasteiger partial charge in [-0.25, -0.2) is 26.7 Å². The van der Waals surface area contributed by atoms with Gasteiger partial charge in [0.15, 0.2) is 11.5 Å². The van der Waals surface area contributed by atoms with E-state index in [-0.39, 0.29) is 11.6 Å². The highest BCUT2D eigenvalue weighted by atomic mass is 32.2. The molecule has 6 nitrogen and oxygen atoms in total. The molecule has 1 aliphatic rings. The summed E-state index contributed by atoms with van der Waals surface area (Å²) < 4.78 is 55.8. The fourth-order valence-electron chi connectivity index (χ4n) is 2.72. The first kappa shape index (κ1) is 15.9. The predicted molar refractivity (Wildman–Crippen MR) is 86.7 cm³/mol. The molecule has 0 unspecified atom stereocenters. The molecule has 9 heteroatoms. The van der Waals surface area contributed by atoms with E-state index in [4.69, 9.17) is 0 Å². The SMILES string of the molecule is O=S(=O)(Nc1cccn2nc(C3CCC3)nc12)c1cc(F)ccc1F. The van der Waals surface area contributed by atoms with Crippen molar-refractivity contribution in [3.8, 4) is 0 Å². The van der Waals surface area contributed by atoms with Crippen LogP contribution in [-0.4, -0.2) is 23.0 Å². The summed E-state index contributed by atoms with van der Waals surface area (Å²) in [6.07, 6.45) is 4.79. The molecule has 0 amide bonds. The Bertz CT molecular complexity index is 1060. The van der Waals surface area contributed by atoms with Gasteiger partial charge in [-0.2, -0.15) is 5.10 Å². The molecule has 1 aliphatic carbocycles. The number of nitrogens with zero attached hydrogens (tertiary/aromatic N) is 3. The Hall–Kier alpha value is -2.55. The van der Waals surface area contributed by atoms with Gasteiger partial charge in [0, 0.05) is 12.1 Å². The van der Waals surface area contributed by atoms with Crippen LogP contribution >= 0.6 is 0 Å². The van der Waals surface area contributed by atoms with E-state index in [2.05, 4.69) is 14.8 Å². The van der Waals surface area contributed by atoms with Crippen LogP contribution in [0.4, 0.5) is 14.5 Å². The highest BCUT2D eigenvalue weighted by Gasteiger charge is 2.26. The molecule has 0 atom stereocenters. The second kappa shape index (κ2) is 5.76. The number of anilines is 1.